The highest BCUT2D eigenvalue weighted by molar-refractivity contribution is 9.10. The zero-order valence-corrected chi connectivity index (χ0v) is 28.8. The Labute approximate surface area is 288 Å². The number of allylic oxidation sites excluding steroid dienone is 1. The number of aliphatic hydroxyl groups is 1. The summed E-state index contributed by atoms with van der Waals surface area (Å²) in [6, 6.07) is 5.88. The van der Waals surface area contributed by atoms with Crippen molar-refractivity contribution in [3.05, 3.63) is 56.5 Å². The van der Waals surface area contributed by atoms with Crippen LogP contribution >= 0.6 is 27.5 Å². The number of halogens is 2. The van der Waals surface area contributed by atoms with Crippen LogP contribution in [0.4, 0.5) is 5.95 Å². The van der Waals surface area contributed by atoms with E-state index in [2.05, 4.69) is 31.1 Å². The van der Waals surface area contributed by atoms with Crippen LogP contribution in [0.25, 0.3) is 0 Å². The van der Waals surface area contributed by atoms with Gasteiger partial charge in [-0.3, -0.25) is 19.5 Å². The van der Waals surface area contributed by atoms with Gasteiger partial charge in [0.15, 0.2) is 33.5 Å². The standard InChI is InChI=1S/C32H33BrClN5O9/c1-15-11-19(41)24(28(43)32(15)29(44)25-21(46-3)14-22(47-4)26(34)27(25)48-32)17(16-5-6-18(40)20(12-16)45-2)13-23(42)38-7-9-39(10-8-38)31-35-30(33)36-37-31/h5-6,12,14-15,17,40,43H,7-11,13H2,1-4H3,(H,35,36,37)/t15-,17?,32+/m1/s1. The number of phenolic OH excluding ortho intramolecular Hbond substituents is 1. The van der Waals surface area contributed by atoms with Crippen LogP contribution < -0.4 is 23.8 Å². The van der Waals surface area contributed by atoms with Crippen molar-refractivity contribution in [2.45, 2.75) is 31.3 Å². The van der Waals surface area contributed by atoms with Crippen LogP contribution in [0.15, 0.2) is 40.3 Å². The lowest BCUT2D eigenvalue weighted by Gasteiger charge is -2.39. The fourth-order valence-corrected chi connectivity index (χ4v) is 7.18. The number of amides is 1. The van der Waals surface area contributed by atoms with Crippen LogP contribution in [0.1, 0.15) is 41.6 Å². The molecule has 2 aliphatic heterocycles. The fourth-order valence-electron chi connectivity index (χ4n) is 6.67. The lowest BCUT2D eigenvalue weighted by atomic mass is 9.69. The van der Waals surface area contributed by atoms with Crippen LogP contribution in [-0.4, -0.2) is 101 Å². The monoisotopic (exact) mass is 745 g/mol. The molecule has 1 aliphatic carbocycles. The Bertz CT molecular complexity index is 1840. The number of fused-ring (bicyclic) bond motifs is 1. The number of nitrogens with one attached hydrogen (secondary N) is 1. The number of H-pyrrole nitrogens is 1. The number of phenols is 1. The van der Waals surface area contributed by atoms with Crippen LogP contribution in [-0.2, 0) is 9.59 Å². The highest BCUT2D eigenvalue weighted by Gasteiger charge is 2.61. The minimum atomic E-state index is -2.03. The first-order valence-corrected chi connectivity index (χ1v) is 16.2. The molecule has 48 heavy (non-hydrogen) atoms. The van der Waals surface area contributed by atoms with E-state index in [-0.39, 0.29) is 63.7 Å². The van der Waals surface area contributed by atoms with Crippen molar-refractivity contribution in [3.63, 3.8) is 0 Å². The van der Waals surface area contributed by atoms with E-state index >= 15 is 0 Å². The Hall–Kier alpha value is -4.50. The van der Waals surface area contributed by atoms with E-state index in [1.807, 2.05) is 4.90 Å². The molecule has 3 aliphatic rings. The summed E-state index contributed by atoms with van der Waals surface area (Å²) >= 11 is 9.85. The Morgan fingerprint density at radius 3 is 2.42 bits per heavy atom. The van der Waals surface area contributed by atoms with Gasteiger partial charge in [-0.25, -0.2) is 0 Å². The number of hydrogen-bond donors (Lipinski definition) is 3. The highest BCUT2D eigenvalue weighted by Crippen LogP contribution is 2.56. The Morgan fingerprint density at radius 1 is 1.10 bits per heavy atom. The van der Waals surface area contributed by atoms with Gasteiger partial charge in [0.2, 0.25) is 23.2 Å². The van der Waals surface area contributed by atoms with Crippen molar-refractivity contribution in [2.75, 3.05) is 52.4 Å². The number of aromatic hydroxyl groups is 1. The molecule has 254 valence electrons. The number of anilines is 1. The van der Waals surface area contributed by atoms with Gasteiger partial charge in [-0.15, -0.1) is 5.10 Å². The van der Waals surface area contributed by atoms with E-state index < -0.39 is 34.8 Å². The van der Waals surface area contributed by atoms with Gasteiger partial charge in [-0.05, 0) is 33.6 Å². The molecule has 3 heterocycles. The first kappa shape index (κ1) is 33.4. The van der Waals surface area contributed by atoms with Gasteiger partial charge in [-0.2, -0.15) is 4.98 Å². The summed E-state index contributed by atoms with van der Waals surface area (Å²) in [5.74, 6) is -3.15. The van der Waals surface area contributed by atoms with Crippen LogP contribution in [0.2, 0.25) is 5.02 Å². The minimum absolute atomic E-state index is 0.00325. The summed E-state index contributed by atoms with van der Waals surface area (Å²) in [5.41, 5.74) is -1.78. The third-order valence-corrected chi connectivity index (χ3v) is 9.92. The molecule has 3 atom stereocenters. The third-order valence-electron chi connectivity index (χ3n) is 9.21. The van der Waals surface area contributed by atoms with E-state index in [0.717, 1.165) is 0 Å². The van der Waals surface area contributed by atoms with Crippen molar-refractivity contribution in [1.82, 2.24) is 20.1 Å². The molecule has 1 spiro atoms. The molecule has 1 unspecified atom stereocenters. The number of methoxy groups -OCH3 is 3. The largest absolute Gasteiger partial charge is 0.507 e. The SMILES string of the molecule is COc1cc(C(CC(=O)N2CCN(c3n[nH]c(Br)n3)CC2)C2=C(O)[C@@]3(Oc4c(Cl)c(OC)cc(OC)c4C3=O)[C@H](C)CC2=O)ccc1O. The number of ketones is 2. The molecule has 2 aromatic carbocycles. The van der Waals surface area contributed by atoms with Gasteiger partial charge in [0.05, 0.1) is 21.3 Å². The smallest absolute Gasteiger partial charge is 0.245 e. The number of nitrogens with zero attached hydrogens (tertiary/aromatic N) is 4. The number of aromatic nitrogens is 3. The predicted molar refractivity (Wildman–Crippen MR) is 176 cm³/mol. The first-order chi connectivity index (χ1) is 22.9. The third kappa shape index (κ3) is 5.38. The van der Waals surface area contributed by atoms with E-state index in [4.69, 9.17) is 30.5 Å². The summed E-state index contributed by atoms with van der Waals surface area (Å²) in [7, 11) is 4.15. The zero-order valence-electron chi connectivity index (χ0n) is 26.5. The van der Waals surface area contributed by atoms with Crippen molar-refractivity contribution in [2.24, 2.45) is 5.92 Å². The maximum atomic E-state index is 14.3. The molecule has 14 nitrogen and oxygen atoms in total. The second kappa shape index (κ2) is 12.8. The second-order valence-electron chi connectivity index (χ2n) is 11.7. The first-order valence-electron chi connectivity index (χ1n) is 15.1. The Morgan fingerprint density at radius 2 is 1.79 bits per heavy atom. The number of ether oxygens (including phenoxy) is 4. The summed E-state index contributed by atoms with van der Waals surface area (Å²) in [4.78, 5) is 50.1. The van der Waals surface area contributed by atoms with Crippen LogP contribution in [0.3, 0.4) is 0 Å². The van der Waals surface area contributed by atoms with Crippen LogP contribution in [0.5, 0.6) is 28.7 Å². The van der Waals surface area contributed by atoms with E-state index in [1.54, 1.807) is 17.9 Å². The number of rotatable bonds is 8. The highest BCUT2D eigenvalue weighted by atomic mass is 79.9. The molecule has 1 amide bonds. The molecule has 16 heteroatoms. The Kier molecular flexibility index (Phi) is 8.94. The van der Waals surface area contributed by atoms with E-state index in [1.165, 1.54) is 39.5 Å². The average Bonchev–Trinajstić information content (AvgIpc) is 3.66. The van der Waals surface area contributed by atoms with E-state index in [0.29, 0.717) is 42.4 Å². The molecule has 3 aromatic rings. The summed E-state index contributed by atoms with van der Waals surface area (Å²) in [5, 5.41) is 29.4. The summed E-state index contributed by atoms with van der Waals surface area (Å²) in [6.45, 7) is 3.27. The summed E-state index contributed by atoms with van der Waals surface area (Å²) < 4.78 is 23.0. The minimum Gasteiger partial charge on any atom is -0.507 e. The van der Waals surface area contributed by atoms with Gasteiger partial charge >= 0.3 is 0 Å². The van der Waals surface area contributed by atoms with Gasteiger partial charge in [0.1, 0.15) is 22.1 Å². The van der Waals surface area contributed by atoms with Crippen molar-refractivity contribution >= 4 is 51.0 Å². The number of carbonyl (C=O) groups excluding carboxylic acids is 3. The topological polar surface area (TPSA) is 177 Å². The number of carbonyl (C=O) groups is 3. The molecule has 3 N–H and O–H groups in total. The van der Waals surface area contributed by atoms with Gasteiger partial charge < -0.3 is 39.0 Å². The zero-order chi connectivity index (χ0) is 34.5. The molecule has 6 rings (SSSR count). The molecule has 1 aromatic heterocycles. The average molecular weight is 747 g/mol. The van der Waals surface area contributed by atoms with Crippen molar-refractivity contribution < 1.29 is 43.5 Å². The lowest BCUT2D eigenvalue weighted by Crippen LogP contribution is -2.53. The predicted octanol–water partition coefficient (Wildman–Crippen LogP) is 4.21. The number of aromatic amines is 1. The molecular weight excluding hydrogens is 714 g/mol. The van der Waals surface area contributed by atoms with Gasteiger partial charge in [0, 0.05) is 62.5 Å². The second-order valence-corrected chi connectivity index (χ2v) is 12.9. The number of hydrogen-bond acceptors (Lipinski definition) is 12. The molecule has 0 radical (unpaired) electrons. The summed E-state index contributed by atoms with van der Waals surface area (Å²) in [6.07, 6.45) is -0.421. The molecule has 0 bridgehead atoms. The number of aliphatic hydroxyl groups excluding tert-OH is 1. The fraction of sp³-hybridized carbons (Fsp3) is 0.406. The van der Waals surface area contributed by atoms with E-state index in [9.17, 15) is 24.6 Å². The van der Waals surface area contributed by atoms with Crippen molar-refractivity contribution in [1.29, 1.82) is 0 Å². The Balaban J connectivity index is 1.41. The van der Waals surface area contributed by atoms with Gasteiger partial charge in [0.25, 0.3) is 0 Å². The quantitative estimate of drug-likeness (QED) is 0.300. The lowest BCUT2D eigenvalue weighted by molar-refractivity contribution is -0.131. The normalized spacial score (nSPS) is 21.3. The molecule has 1 fully saturated rings. The number of benzene rings is 2. The number of Topliss-reactive ketones (excluding diaryl/α,β-unsaturated/α-hetero) is 2. The number of piperazine rings is 1. The maximum Gasteiger partial charge on any atom is 0.245 e. The molecule has 1 saturated heterocycles. The molecule has 0 saturated carbocycles. The molecular formula is C32H33BrClN5O9. The maximum absolute atomic E-state index is 14.3. The van der Waals surface area contributed by atoms with Gasteiger partial charge in [-0.1, -0.05) is 24.6 Å². The van der Waals surface area contributed by atoms with Crippen LogP contribution in [0, 0.1) is 5.92 Å². The van der Waals surface area contributed by atoms with Crippen molar-refractivity contribution in [3.8, 4) is 28.7 Å².